The van der Waals surface area contributed by atoms with E-state index in [4.69, 9.17) is 4.74 Å². The smallest absolute Gasteiger partial charge is 0.366 e. The lowest BCUT2D eigenvalue weighted by molar-refractivity contribution is -0.391. The van der Waals surface area contributed by atoms with Crippen molar-refractivity contribution in [3.05, 3.63) is 40.1 Å². The Kier molecular flexibility index (Phi) is 3.34. The van der Waals surface area contributed by atoms with Gasteiger partial charge in [-0.1, -0.05) is 9.61 Å². The Labute approximate surface area is 135 Å². The van der Waals surface area contributed by atoms with Crippen LogP contribution in [0, 0.1) is 17.0 Å². The molecular weight excluding hydrogens is 316 g/mol. The number of hydrogen-bond donors (Lipinski definition) is 1. The summed E-state index contributed by atoms with van der Waals surface area (Å²) in [5.41, 5.74) is 0.430. The molecule has 11 nitrogen and oxygen atoms in total. The fourth-order valence-corrected chi connectivity index (χ4v) is 2.66. The van der Waals surface area contributed by atoms with E-state index in [0.717, 1.165) is 5.82 Å². The molecule has 0 saturated carbocycles. The molecule has 0 amide bonds. The molecule has 3 aromatic heterocycles. The zero-order valence-electron chi connectivity index (χ0n) is 12.8. The van der Waals surface area contributed by atoms with Crippen molar-refractivity contribution < 1.29 is 9.66 Å². The van der Waals surface area contributed by atoms with Gasteiger partial charge in [-0.2, -0.15) is 5.10 Å². The molecule has 0 bridgehead atoms. The molecule has 1 fully saturated rings. The number of imidazole rings is 1. The number of nitrogens with one attached hydrogen (secondary N) is 1. The van der Waals surface area contributed by atoms with Crippen LogP contribution in [0.2, 0.25) is 0 Å². The number of rotatable bonds is 3. The number of morpholine rings is 1. The highest BCUT2D eigenvalue weighted by Crippen LogP contribution is 2.24. The Morgan fingerprint density at radius 3 is 3.08 bits per heavy atom. The quantitative estimate of drug-likeness (QED) is 0.547. The number of fused-ring (bicyclic) bond motifs is 1. The maximum atomic E-state index is 11.1. The molecule has 1 unspecified atom stereocenters. The van der Waals surface area contributed by atoms with Crippen LogP contribution in [-0.4, -0.2) is 54.4 Å². The molecule has 0 aromatic carbocycles. The lowest BCUT2D eigenvalue weighted by atomic mass is 10.2. The topological polar surface area (TPSA) is 127 Å². The number of H-pyrrole nitrogens is 1. The van der Waals surface area contributed by atoms with Crippen molar-refractivity contribution in [2.24, 2.45) is 0 Å². The average molecular weight is 330 g/mol. The summed E-state index contributed by atoms with van der Waals surface area (Å²) in [6.45, 7) is 3.45. The summed E-state index contributed by atoms with van der Waals surface area (Å²) in [5, 5.41) is 22.3. The second-order valence-electron chi connectivity index (χ2n) is 5.42. The predicted octanol–water partition coefficient (Wildman–Crippen LogP) is 0.642. The maximum Gasteiger partial charge on any atom is 0.368 e. The molecule has 1 aliphatic heterocycles. The van der Waals surface area contributed by atoms with Crippen LogP contribution in [0.15, 0.2) is 18.3 Å². The molecule has 3 aromatic rings. The molecule has 24 heavy (non-hydrogen) atoms. The van der Waals surface area contributed by atoms with Crippen LogP contribution in [0.1, 0.15) is 17.8 Å². The van der Waals surface area contributed by atoms with Gasteiger partial charge in [0.2, 0.25) is 5.65 Å². The molecule has 4 rings (SSSR count). The van der Waals surface area contributed by atoms with Crippen molar-refractivity contribution in [3.63, 3.8) is 0 Å². The molecule has 124 valence electrons. The van der Waals surface area contributed by atoms with Gasteiger partial charge in [0.1, 0.15) is 18.1 Å². The van der Waals surface area contributed by atoms with Crippen molar-refractivity contribution >= 4 is 17.3 Å². The first-order valence-electron chi connectivity index (χ1n) is 7.36. The van der Waals surface area contributed by atoms with Crippen molar-refractivity contribution in [2.75, 3.05) is 24.6 Å². The first-order valence-corrected chi connectivity index (χ1v) is 7.36. The number of nitrogens with zero attached hydrogens (tertiary/aromatic N) is 7. The van der Waals surface area contributed by atoms with Gasteiger partial charge in [-0.3, -0.25) is 5.10 Å². The second-order valence-corrected chi connectivity index (χ2v) is 5.42. The maximum absolute atomic E-state index is 11.1. The van der Waals surface area contributed by atoms with Crippen LogP contribution in [0.25, 0.3) is 5.65 Å². The van der Waals surface area contributed by atoms with Crippen LogP contribution < -0.4 is 4.90 Å². The summed E-state index contributed by atoms with van der Waals surface area (Å²) < 4.78 is 6.95. The van der Waals surface area contributed by atoms with Crippen LogP contribution >= 0.6 is 0 Å². The van der Waals surface area contributed by atoms with Crippen LogP contribution in [0.4, 0.5) is 11.6 Å². The van der Waals surface area contributed by atoms with Gasteiger partial charge in [0.15, 0.2) is 11.6 Å². The Hall–Kier alpha value is -3.08. The molecule has 1 aliphatic rings. The first-order chi connectivity index (χ1) is 11.6. The molecule has 1 atom stereocenters. The van der Waals surface area contributed by atoms with E-state index >= 15 is 0 Å². The van der Waals surface area contributed by atoms with Crippen molar-refractivity contribution in [2.45, 2.75) is 13.0 Å². The van der Waals surface area contributed by atoms with Gasteiger partial charge in [-0.25, -0.2) is 9.97 Å². The van der Waals surface area contributed by atoms with Gasteiger partial charge in [0.05, 0.1) is 13.2 Å². The van der Waals surface area contributed by atoms with Gasteiger partial charge in [-0.15, -0.1) is 0 Å². The minimum atomic E-state index is -0.505. The SMILES string of the molecule is Cc1nc(C2CN(c3ccc4ncc([N+](=O)[O-])n4n3)CCO2)n[nH]1. The minimum Gasteiger partial charge on any atom is -0.366 e. The predicted molar refractivity (Wildman–Crippen MR) is 81.7 cm³/mol. The Morgan fingerprint density at radius 1 is 1.46 bits per heavy atom. The Balaban J connectivity index is 1.64. The van der Waals surface area contributed by atoms with Crippen LogP contribution in [0.3, 0.4) is 0 Å². The third kappa shape index (κ3) is 2.44. The van der Waals surface area contributed by atoms with Crippen LogP contribution in [-0.2, 0) is 4.74 Å². The summed E-state index contributed by atoms with van der Waals surface area (Å²) in [6, 6.07) is 3.49. The Morgan fingerprint density at radius 2 is 2.33 bits per heavy atom. The normalized spacial score (nSPS) is 18.2. The molecule has 11 heteroatoms. The highest BCUT2D eigenvalue weighted by Gasteiger charge is 2.27. The van der Waals surface area contributed by atoms with E-state index in [2.05, 4.69) is 25.3 Å². The highest BCUT2D eigenvalue weighted by molar-refractivity contribution is 5.49. The summed E-state index contributed by atoms with van der Waals surface area (Å²) >= 11 is 0. The highest BCUT2D eigenvalue weighted by atomic mass is 16.6. The third-order valence-electron chi connectivity index (χ3n) is 3.81. The van der Waals surface area contributed by atoms with Gasteiger partial charge in [-0.05, 0) is 17.9 Å². The summed E-state index contributed by atoms with van der Waals surface area (Å²) in [5.74, 6) is 1.76. The lowest BCUT2D eigenvalue weighted by Crippen LogP contribution is -2.39. The van der Waals surface area contributed by atoms with Gasteiger partial charge in [0.25, 0.3) is 0 Å². The monoisotopic (exact) mass is 330 g/mol. The van der Waals surface area contributed by atoms with E-state index in [1.54, 1.807) is 12.1 Å². The number of ether oxygens (including phenoxy) is 1. The second kappa shape index (κ2) is 5.53. The average Bonchev–Trinajstić information content (AvgIpc) is 3.20. The molecular formula is C13H14N8O3. The van der Waals surface area contributed by atoms with E-state index in [9.17, 15) is 10.1 Å². The Bertz CT molecular complexity index is 904. The molecule has 1 N–H and O–H groups in total. The molecule has 0 spiro atoms. The van der Waals surface area contributed by atoms with Gasteiger partial charge >= 0.3 is 5.82 Å². The third-order valence-corrected chi connectivity index (χ3v) is 3.81. The zero-order chi connectivity index (χ0) is 16.7. The molecule has 1 saturated heterocycles. The largest absolute Gasteiger partial charge is 0.368 e. The number of nitro groups is 1. The van der Waals surface area contributed by atoms with Gasteiger partial charge < -0.3 is 19.8 Å². The molecule has 0 aliphatic carbocycles. The summed E-state index contributed by atoms with van der Waals surface area (Å²) in [6.07, 6.45) is 0.920. The molecule has 4 heterocycles. The number of aryl methyl sites for hydroxylation is 1. The zero-order valence-corrected chi connectivity index (χ0v) is 12.8. The number of aromatic nitrogens is 6. The molecule has 0 radical (unpaired) electrons. The van der Waals surface area contributed by atoms with E-state index in [0.29, 0.717) is 37.0 Å². The van der Waals surface area contributed by atoms with Crippen molar-refractivity contribution in [1.29, 1.82) is 0 Å². The van der Waals surface area contributed by atoms with Gasteiger partial charge in [0, 0.05) is 12.6 Å². The number of hydrogen-bond acceptors (Lipinski definition) is 8. The van der Waals surface area contributed by atoms with Crippen molar-refractivity contribution in [3.8, 4) is 0 Å². The first kappa shape index (κ1) is 14.5. The standard InChI is InChI=1S/C13H14N8O3/c1-8-15-13(17-16-8)9-7-19(4-5-24-9)11-3-2-10-14-6-12(21(22)23)20(10)18-11/h2-3,6,9H,4-5,7H2,1H3,(H,15,16,17). The van der Waals surface area contributed by atoms with E-state index in [1.165, 1.54) is 10.7 Å². The van der Waals surface area contributed by atoms with Crippen molar-refractivity contribution in [1.82, 2.24) is 29.8 Å². The lowest BCUT2D eigenvalue weighted by Gasteiger charge is -2.31. The van der Waals surface area contributed by atoms with E-state index in [-0.39, 0.29) is 11.9 Å². The fraction of sp³-hybridized carbons (Fsp3) is 0.385. The van der Waals surface area contributed by atoms with Crippen LogP contribution in [0.5, 0.6) is 0 Å². The summed E-state index contributed by atoms with van der Waals surface area (Å²) in [7, 11) is 0. The van der Waals surface area contributed by atoms with E-state index in [1.807, 2.05) is 11.8 Å². The van der Waals surface area contributed by atoms with E-state index < -0.39 is 4.92 Å². The summed E-state index contributed by atoms with van der Waals surface area (Å²) in [4.78, 5) is 20.8. The number of anilines is 1. The fourth-order valence-electron chi connectivity index (χ4n) is 2.66. The number of aromatic amines is 1. The minimum absolute atomic E-state index is 0.166.